The Labute approximate surface area is 197 Å². The van der Waals surface area contributed by atoms with E-state index in [0.717, 1.165) is 0 Å². The molecule has 0 saturated carbocycles. The molecule has 13 heteroatoms. The number of hydrogen-bond donors (Lipinski definition) is 0. The Kier molecular flexibility index (Phi) is 10.1. The van der Waals surface area contributed by atoms with Crippen molar-refractivity contribution in [1.82, 2.24) is 0 Å². The smallest absolute Gasteiger partial charge is 0.303 e. The average Bonchev–Trinajstić information content (AvgIpc) is 2.76. The number of ether oxygens (including phenoxy) is 4. The summed E-state index contributed by atoms with van der Waals surface area (Å²) in [5, 5.41) is 7.91. The maximum absolute atomic E-state index is 11.6. The highest BCUT2D eigenvalue weighted by molar-refractivity contribution is 8.00. The number of azide groups is 2. The zero-order valence-corrected chi connectivity index (χ0v) is 20.5. The molecule has 2 rings (SSSR count). The van der Waals surface area contributed by atoms with Crippen LogP contribution in [0.1, 0.15) is 48.0 Å². The van der Waals surface area contributed by atoms with Crippen molar-refractivity contribution in [1.29, 1.82) is 0 Å². The van der Waals surface area contributed by atoms with Crippen LogP contribution in [0, 0.1) is 17.8 Å². The van der Waals surface area contributed by atoms with Crippen LogP contribution in [-0.2, 0) is 28.5 Å². The molecule has 2 aliphatic rings. The first-order valence-electron chi connectivity index (χ1n) is 11.0. The number of carbonyl (C=O) groups is 2. The normalized spacial score (nSPS) is 38.4. The van der Waals surface area contributed by atoms with Crippen molar-refractivity contribution in [2.24, 2.45) is 28.0 Å². The molecule has 0 aromatic heterocycles. The first-order valence-corrected chi connectivity index (χ1v) is 11.9. The van der Waals surface area contributed by atoms with Gasteiger partial charge in [-0.05, 0) is 23.4 Å². The van der Waals surface area contributed by atoms with Crippen LogP contribution in [0.2, 0.25) is 0 Å². The summed E-state index contributed by atoms with van der Waals surface area (Å²) in [6, 6.07) is -0.984. The molecule has 0 aliphatic carbocycles. The summed E-state index contributed by atoms with van der Waals surface area (Å²) in [4.78, 5) is 28.9. The second kappa shape index (κ2) is 12.3. The van der Waals surface area contributed by atoms with Crippen LogP contribution in [0.15, 0.2) is 10.2 Å². The molecular weight excluding hydrogens is 452 g/mol. The summed E-state index contributed by atoms with van der Waals surface area (Å²) in [5.41, 5.74) is 17.3. The Balaban J connectivity index is 2.27. The lowest BCUT2D eigenvalue weighted by molar-refractivity contribution is -0.173. The second-order valence-electron chi connectivity index (χ2n) is 8.48. The Morgan fingerprint density at radius 3 is 1.97 bits per heavy atom. The number of nitrogens with zero attached hydrogens (tertiary/aromatic N) is 6. The number of carbonyl (C=O) groups excluding carboxylic acids is 2. The van der Waals surface area contributed by atoms with Crippen LogP contribution in [0.4, 0.5) is 0 Å². The monoisotopic (exact) mass is 484 g/mol. The molecule has 0 spiro atoms. The van der Waals surface area contributed by atoms with Crippen molar-refractivity contribution in [2.45, 2.75) is 89.2 Å². The Bertz CT molecular complexity index is 800. The lowest BCUT2D eigenvalue weighted by Gasteiger charge is -2.47. The topological polar surface area (TPSA) is 169 Å². The van der Waals surface area contributed by atoms with Gasteiger partial charge in [-0.1, -0.05) is 49.7 Å². The fourth-order valence-corrected chi connectivity index (χ4v) is 5.83. The van der Waals surface area contributed by atoms with Crippen molar-refractivity contribution in [3.8, 4) is 0 Å². The quantitative estimate of drug-likeness (QED) is 0.213. The van der Waals surface area contributed by atoms with E-state index < -0.39 is 47.2 Å². The third kappa shape index (κ3) is 6.68. The standard InChI is InChI=1S/C20H32N6O6S/c1-7-14-18(30-13(6)28)17(24-26-22)11(4)20(31-14)33-19-10(3)16(23-25-21)9(2)15(32-19)8-29-12(5)27/h9-11,14-20H,7-8H2,1-6H3/t9-,10?,11?,14?,15?,16-,17?,18-,19-,20-/m0/s1. The molecule has 2 fully saturated rings. The van der Waals surface area contributed by atoms with Crippen molar-refractivity contribution in [2.75, 3.05) is 6.61 Å². The largest absolute Gasteiger partial charge is 0.463 e. The van der Waals surface area contributed by atoms with Crippen LogP contribution in [0.25, 0.3) is 20.9 Å². The minimum absolute atomic E-state index is 0.0479. The summed E-state index contributed by atoms with van der Waals surface area (Å²) in [6.45, 7) is 10.3. The van der Waals surface area contributed by atoms with E-state index in [9.17, 15) is 9.59 Å². The first kappa shape index (κ1) is 27.1. The molecule has 10 atom stereocenters. The predicted octanol–water partition coefficient (Wildman–Crippen LogP) is 4.34. The third-order valence-electron chi connectivity index (χ3n) is 6.18. The predicted molar refractivity (Wildman–Crippen MR) is 121 cm³/mol. The number of rotatable bonds is 8. The lowest BCUT2D eigenvalue weighted by atomic mass is 9.85. The van der Waals surface area contributed by atoms with E-state index in [1.54, 1.807) is 0 Å². The van der Waals surface area contributed by atoms with Crippen LogP contribution < -0.4 is 0 Å². The molecular formula is C20H32N6O6S. The average molecular weight is 485 g/mol. The first-order chi connectivity index (χ1) is 15.6. The maximum Gasteiger partial charge on any atom is 0.303 e. The van der Waals surface area contributed by atoms with Gasteiger partial charge in [0.2, 0.25) is 0 Å². The van der Waals surface area contributed by atoms with E-state index in [4.69, 9.17) is 30.0 Å². The van der Waals surface area contributed by atoms with E-state index in [1.807, 2.05) is 27.7 Å². The number of thioether (sulfide) groups is 1. The molecule has 2 saturated heterocycles. The third-order valence-corrected chi connectivity index (χ3v) is 7.79. The van der Waals surface area contributed by atoms with E-state index >= 15 is 0 Å². The van der Waals surface area contributed by atoms with Gasteiger partial charge in [0, 0.05) is 41.5 Å². The summed E-state index contributed by atoms with van der Waals surface area (Å²) in [7, 11) is 0. The van der Waals surface area contributed by atoms with Gasteiger partial charge < -0.3 is 18.9 Å². The minimum atomic E-state index is -0.687. The zero-order chi connectivity index (χ0) is 24.7. The summed E-state index contributed by atoms with van der Waals surface area (Å²) in [5.74, 6) is -1.50. The van der Waals surface area contributed by atoms with Gasteiger partial charge in [-0.2, -0.15) is 0 Å². The highest BCUT2D eigenvalue weighted by Gasteiger charge is 2.48. The fourth-order valence-electron chi connectivity index (χ4n) is 4.33. The molecule has 2 aliphatic heterocycles. The van der Waals surface area contributed by atoms with Crippen molar-refractivity contribution in [3.63, 3.8) is 0 Å². The summed E-state index contributed by atoms with van der Waals surface area (Å²) in [6.07, 6.45) is -1.05. The summed E-state index contributed by atoms with van der Waals surface area (Å²) >= 11 is 1.40. The van der Waals surface area contributed by atoms with Crippen LogP contribution in [0.3, 0.4) is 0 Å². The van der Waals surface area contributed by atoms with E-state index in [-0.39, 0.29) is 30.4 Å². The van der Waals surface area contributed by atoms with Crippen molar-refractivity contribution >= 4 is 23.7 Å². The Morgan fingerprint density at radius 2 is 1.45 bits per heavy atom. The zero-order valence-electron chi connectivity index (χ0n) is 19.7. The summed E-state index contributed by atoms with van der Waals surface area (Å²) < 4.78 is 23.2. The van der Waals surface area contributed by atoms with Gasteiger partial charge in [0.05, 0.1) is 18.2 Å². The van der Waals surface area contributed by atoms with Crippen molar-refractivity contribution in [3.05, 3.63) is 20.9 Å². The van der Waals surface area contributed by atoms with E-state index in [2.05, 4.69) is 20.1 Å². The second-order valence-corrected chi connectivity index (χ2v) is 9.68. The molecule has 0 N–H and O–H groups in total. The van der Waals surface area contributed by atoms with Gasteiger partial charge in [0.15, 0.2) is 0 Å². The van der Waals surface area contributed by atoms with Crippen LogP contribution >= 0.6 is 11.8 Å². The molecule has 0 amide bonds. The van der Waals surface area contributed by atoms with E-state index in [1.165, 1.54) is 25.6 Å². The van der Waals surface area contributed by atoms with Crippen LogP contribution in [0.5, 0.6) is 0 Å². The van der Waals surface area contributed by atoms with E-state index in [0.29, 0.717) is 6.42 Å². The maximum atomic E-state index is 11.6. The number of esters is 2. The van der Waals surface area contributed by atoms with Crippen LogP contribution in [-0.4, -0.2) is 59.8 Å². The SMILES string of the molecule is CCC1O[C@@H](S[C@@H]2OC(COC(C)=O)[C@H](C)[C@H](N=[N+]=[N-])C2C)C(C)C(N=[N+]=[N-])[C@H]1OC(C)=O. The highest BCUT2D eigenvalue weighted by atomic mass is 32.2. The lowest BCUT2D eigenvalue weighted by Crippen LogP contribution is -2.55. The highest BCUT2D eigenvalue weighted by Crippen LogP contribution is 2.44. The van der Waals surface area contributed by atoms with Crippen molar-refractivity contribution < 1.29 is 28.5 Å². The molecule has 5 unspecified atom stereocenters. The molecule has 2 heterocycles. The number of hydrogen-bond acceptors (Lipinski definition) is 9. The molecule has 0 bridgehead atoms. The molecule has 33 heavy (non-hydrogen) atoms. The Hall–Kier alpha value is -2.17. The Morgan fingerprint density at radius 1 is 0.909 bits per heavy atom. The molecule has 184 valence electrons. The van der Waals surface area contributed by atoms with Gasteiger partial charge in [-0.15, -0.1) is 0 Å². The molecule has 0 aromatic carbocycles. The molecule has 12 nitrogen and oxygen atoms in total. The van der Waals surface area contributed by atoms with Gasteiger partial charge in [-0.3, -0.25) is 9.59 Å². The van der Waals surface area contributed by atoms with Gasteiger partial charge in [0.1, 0.15) is 23.6 Å². The minimum Gasteiger partial charge on any atom is -0.463 e. The van der Waals surface area contributed by atoms with Gasteiger partial charge in [0.25, 0.3) is 0 Å². The fraction of sp³-hybridized carbons (Fsp3) is 0.900. The van der Waals surface area contributed by atoms with Gasteiger partial charge in [-0.25, -0.2) is 0 Å². The molecule has 0 aromatic rings. The van der Waals surface area contributed by atoms with Gasteiger partial charge >= 0.3 is 11.9 Å². The molecule has 0 radical (unpaired) electrons.